The number of aromatic nitrogens is 1. The van der Waals surface area contributed by atoms with E-state index in [-0.39, 0.29) is 6.04 Å². The summed E-state index contributed by atoms with van der Waals surface area (Å²) in [5, 5.41) is 3.04. The summed E-state index contributed by atoms with van der Waals surface area (Å²) >= 11 is 1.62. The second-order valence-electron chi connectivity index (χ2n) is 4.34. The molecule has 0 saturated carbocycles. The number of ether oxygens (including phenoxy) is 2. The van der Waals surface area contributed by atoms with E-state index in [0.29, 0.717) is 6.61 Å². The van der Waals surface area contributed by atoms with Crippen molar-refractivity contribution in [3.63, 3.8) is 0 Å². The maximum atomic E-state index is 5.94. The highest BCUT2D eigenvalue weighted by molar-refractivity contribution is 7.09. The van der Waals surface area contributed by atoms with Crippen molar-refractivity contribution in [2.75, 3.05) is 7.11 Å². The summed E-state index contributed by atoms with van der Waals surface area (Å²) in [5.41, 5.74) is 7.84. The molecule has 0 aliphatic carbocycles. The Morgan fingerprint density at radius 1 is 1.42 bits per heavy atom. The van der Waals surface area contributed by atoms with Crippen LogP contribution < -0.4 is 15.2 Å². The van der Waals surface area contributed by atoms with E-state index >= 15 is 0 Å². The molecule has 0 bridgehead atoms. The monoisotopic (exact) mass is 278 g/mol. The molecule has 1 aromatic heterocycles. The maximum Gasteiger partial charge on any atom is 0.131 e. The summed E-state index contributed by atoms with van der Waals surface area (Å²) in [6.07, 6.45) is 0. The molecule has 2 rings (SSSR count). The SMILES string of the molecule is COc1ccc(C(C)N)c(OCc2csc(C)n2)c1. The van der Waals surface area contributed by atoms with Crippen molar-refractivity contribution in [3.05, 3.63) is 39.8 Å². The van der Waals surface area contributed by atoms with Crippen molar-refractivity contribution < 1.29 is 9.47 Å². The zero-order valence-electron chi connectivity index (χ0n) is 11.3. The van der Waals surface area contributed by atoms with Crippen LogP contribution in [-0.2, 0) is 6.61 Å². The van der Waals surface area contributed by atoms with Crippen molar-refractivity contribution in [1.82, 2.24) is 4.98 Å². The lowest BCUT2D eigenvalue weighted by Crippen LogP contribution is -2.08. The van der Waals surface area contributed by atoms with Gasteiger partial charge in [-0.05, 0) is 19.9 Å². The third kappa shape index (κ3) is 3.45. The van der Waals surface area contributed by atoms with Crippen molar-refractivity contribution in [1.29, 1.82) is 0 Å². The first-order chi connectivity index (χ1) is 9.10. The minimum absolute atomic E-state index is 0.0851. The second-order valence-corrected chi connectivity index (χ2v) is 5.40. The van der Waals surface area contributed by atoms with E-state index in [9.17, 15) is 0 Å². The van der Waals surface area contributed by atoms with Gasteiger partial charge in [0.15, 0.2) is 0 Å². The van der Waals surface area contributed by atoms with Crippen LogP contribution in [0.3, 0.4) is 0 Å². The highest BCUT2D eigenvalue weighted by Crippen LogP contribution is 2.29. The molecule has 1 aromatic carbocycles. The topological polar surface area (TPSA) is 57.4 Å². The summed E-state index contributed by atoms with van der Waals surface area (Å²) in [6.45, 7) is 4.35. The standard InChI is InChI=1S/C14H18N2O2S/c1-9(15)13-5-4-12(17-3)6-14(13)18-7-11-8-19-10(2)16-11/h4-6,8-9H,7,15H2,1-3H3. The predicted octanol–water partition coefficient (Wildman–Crippen LogP) is 3.06. The fraction of sp³-hybridized carbons (Fsp3) is 0.357. The number of methoxy groups -OCH3 is 1. The van der Waals surface area contributed by atoms with E-state index in [1.807, 2.05) is 37.4 Å². The molecular formula is C14H18N2O2S. The normalized spacial score (nSPS) is 12.2. The first-order valence-electron chi connectivity index (χ1n) is 6.07. The number of hydrogen-bond acceptors (Lipinski definition) is 5. The molecule has 2 aromatic rings. The average Bonchev–Trinajstić information content (AvgIpc) is 2.81. The van der Waals surface area contributed by atoms with Gasteiger partial charge in [-0.15, -0.1) is 11.3 Å². The van der Waals surface area contributed by atoms with Crippen molar-refractivity contribution in [3.8, 4) is 11.5 Å². The smallest absolute Gasteiger partial charge is 0.131 e. The summed E-state index contributed by atoms with van der Waals surface area (Å²) in [5.74, 6) is 1.51. The van der Waals surface area contributed by atoms with E-state index in [1.54, 1.807) is 18.4 Å². The molecule has 0 radical (unpaired) electrons. The molecule has 0 aliphatic rings. The summed E-state index contributed by atoms with van der Waals surface area (Å²) in [7, 11) is 1.63. The molecular weight excluding hydrogens is 260 g/mol. The molecule has 0 fully saturated rings. The van der Waals surface area contributed by atoms with Crippen LogP contribution in [0, 0.1) is 6.92 Å². The first kappa shape index (κ1) is 13.8. The number of thiazole rings is 1. The van der Waals surface area contributed by atoms with E-state index in [1.165, 1.54) is 0 Å². The summed E-state index contributed by atoms with van der Waals surface area (Å²) in [6, 6.07) is 5.60. The lowest BCUT2D eigenvalue weighted by molar-refractivity contribution is 0.295. The largest absolute Gasteiger partial charge is 0.497 e. The fourth-order valence-corrected chi connectivity index (χ4v) is 2.37. The van der Waals surface area contributed by atoms with Gasteiger partial charge < -0.3 is 15.2 Å². The molecule has 0 aliphatic heterocycles. The van der Waals surface area contributed by atoms with Crippen molar-refractivity contribution in [2.24, 2.45) is 5.73 Å². The van der Waals surface area contributed by atoms with Crippen LogP contribution in [0.2, 0.25) is 0 Å². The molecule has 4 nitrogen and oxygen atoms in total. The Hall–Kier alpha value is -1.59. The molecule has 19 heavy (non-hydrogen) atoms. The third-order valence-electron chi connectivity index (χ3n) is 2.75. The van der Waals surface area contributed by atoms with Crippen molar-refractivity contribution >= 4 is 11.3 Å². The van der Waals surface area contributed by atoms with Crippen molar-refractivity contribution in [2.45, 2.75) is 26.5 Å². The van der Waals surface area contributed by atoms with Gasteiger partial charge in [-0.25, -0.2) is 4.98 Å². The minimum atomic E-state index is -0.0851. The zero-order chi connectivity index (χ0) is 13.8. The summed E-state index contributed by atoms with van der Waals surface area (Å²) in [4.78, 5) is 4.37. The quantitative estimate of drug-likeness (QED) is 0.913. The predicted molar refractivity (Wildman–Crippen MR) is 76.8 cm³/mol. The fourth-order valence-electron chi connectivity index (χ4n) is 1.77. The first-order valence-corrected chi connectivity index (χ1v) is 6.95. The molecule has 1 unspecified atom stereocenters. The van der Waals surface area contributed by atoms with Crippen LogP contribution in [0.15, 0.2) is 23.6 Å². The highest BCUT2D eigenvalue weighted by atomic mass is 32.1. The van der Waals surface area contributed by atoms with Crippen LogP contribution in [0.5, 0.6) is 11.5 Å². The van der Waals surface area contributed by atoms with Gasteiger partial charge in [0, 0.05) is 23.1 Å². The van der Waals surface area contributed by atoms with E-state index in [2.05, 4.69) is 4.98 Å². The molecule has 0 amide bonds. The molecule has 0 spiro atoms. The molecule has 1 atom stereocenters. The number of nitrogens with two attached hydrogens (primary N) is 1. The number of hydrogen-bond donors (Lipinski definition) is 1. The molecule has 2 N–H and O–H groups in total. The Morgan fingerprint density at radius 3 is 2.79 bits per heavy atom. The van der Waals surface area contributed by atoms with Gasteiger partial charge in [0.25, 0.3) is 0 Å². The van der Waals surface area contributed by atoms with Crippen LogP contribution in [0.4, 0.5) is 0 Å². The highest BCUT2D eigenvalue weighted by Gasteiger charge is 2.10. The van der Waals surface area contributed by atoms with Gasteiger partial charge in [0.1, 0.15) is 18.1 Å². The Morgan fingerprint density at radius 2 is 2.21 bits per heavy atom. The lowest BCUT2D eigenvalue weighted by Gasteiger charge is -2.14. The molecule has 5 heteroatoms. The molecule has 102 valence electrons. The van der Waals surface area contributed by atoms with Crippen LogP contribution in [0.1, 0.15) is 29.2 Å². The van der Waals surface area contributed by atoms with E-state index < -0.39 is 0 Å². The Bertz CT molecular complexity index is 552. The maximum absolute atomic E-state index is 5.94. The van der Waals surface area contributed by atoms with Gasteiger partial charge in [0.05, 0.1) is 17.8 Å². The van der Waals surface area contributed by atoms with Gasteiger partial charge in [-0.3, -0.25) is 0 Å². The van der Waals surface area contributed by atoms with Crippen LogP contribution in [-0.4, -0.2) is 12.1 Å². The number of nitrogens with zero attached hydrogens (tertiary/aromatic N) is 1. The zero-order valence-corrected chi connectivity index (χ0v) is 12.2. The Balaban J connectivity index is 2.17. The van der Waals surface area contributed by atoms with Gasteiger partial charge in [-0.1, -0.05) is 6.07 Å². The second kappa shape index (κ2) is 6.04. The number of benzene rings is 1. The number of aryl methyl sites for hydroxylation is 1. The molecule has 1 heterocycles. The molecule has 0 saturated heterocycles. The van der Waals surface area contributed by atoms with E-state index in [0.717, 1.165) is 27.8 Å². The third-order valence-corrected chi connectivity index (χ3v) is 3.58. The van der Waals surface area contributed by atoms with Gasteiger partial charge >= 0.3 is 0 Å². The lowest BCUT2D eigenvalue weighted by atomic mass is 10.1. The Labute approximate surface area is 117 Å². The van der Waals surface area contributed by atoms with Gasteiger partial charge in [-0.2, -0.15) is 0 Å². The van der Waals surface area contributed by atoms with Crippen LogP contribution in [0.25, 0.3) is 0 Å². The summed E-state index contributed by atoms with van der Waals surface area (Å²) < 4.78 is 11.0. The Kier molecular flexibility index (Phi) is 4.39. The van der Waals surface area contributed by atoms with Gasteiger partial charge in [0.2, 0.25) is 0 Å². The average molecular weight is 278 g/mol. The van der Waals surface area contributed by atoms with E-state index in [4.69, 9.17) is 15.2 Å². The van der Waals surface area contributed by atoms with Crippen LogP contribution >= 0.6 is 11.3 Å². The number of rotatable bonds is 5. The minimum Gasteiger partial charge on any atom is -0.497 e.